The number of benzene rings is 1. The summed E-state index contributed by atoms with van der Waals surface area (Å²) < 4.78 is 13.5. The van der Waals surface area contributed by atoms with Crippen molar-refractivity contribution >= 4 is 11.9 Å². The van der Waals surface area contributed by atoms with Gasteiger partial charge in [0.05, 0.1) is 6.54 Å². The van der Waals surface area contributed by atoms with E-state index in [1.807, 2.05) is 0 Å². The van der Waals surface area contributed by atoms with Crippen LogP contribution in [0.3, 0.4) is 0 Å². The van der Waals surface area contributed by atoms with E-state index in [0.717, 1.165) is 4.90 Å². The van der Waals surface area contributed by atoms with Crippen molar-refractivity contribution < 1.29 is 19.1 Å². The number of amides is 3. The number of carbonyl (C=O) groups is 2. The molecule has 1 aliphatic rings. The van der Waals surface area contributed by atoms with Crippen molar-refractivity contribution in [3.63, 3.8) is 0 Å². The van der Waals surface area contributed by atoms with Crippen LogP contribution in [0, 0.1) is 17.7 Å². The zero-order valence-electron chi connectivity index (χ0n) is 11.7. The molecule has 110 valence electrons. The van der Waals surface area contributed by atoms with Crippen molar-refractivity contribution in [1.29, 1.82) is 0 Å². The van der Waals surface area contributed by atoms with Crippen LogP contribution in [0.4, 0.5) is 9.18 Å². The summed E-state index contributed by atoms with van der Waals surface area (Å²) in [5.41, 5.74) is -0.118. The summed E-state index contributed by atoms with van der Waals surface area (Å²) in [5, 5.41) is 11.2. The molecule has 1 aromatic carbocycles. The number of aliphatic hydroxyl groups excluding tert-OH is 1. The Bertz CT molecular complexity index is 659. The van der Waals surface area contributed by atoms with Crippen LogP contribution in [0.1, 0.15) is 25.0 Å². The van der Waals surface area contributed by atoms with Gasteiger partial charge in [-0.15, -0.1) is 0 Å². The van der Waals surface area contributed by atoms with Crippen molar-refractivity contribution in [2.45, 2.75) is 25.9 Å². The molecule has 1 aromatic rings. The number of rotatable bonds is 2. The number of imide groups is 1. The molecule has 0 atom stereocenters. The van der Waals surface area contributed by atoms with Crippen molar-refractivity contribution in [2.24, 2.45) is 0 Å². The number of nitrogens with one attached hydrogen (secondary N) is 1. The van der Waals surface area contributed by atoms with Gasteiger partial charge in [-0.3, -0.25) is 9.69 Å². The van der Waals surface area contributed by atoms with Crippen LogP contribution in [0.25, 0.3) is 0 Å². The van der Waals surface area contributed by atoms with Gasteiger partial charge in [-0.1, -0.05) is 11.8 Å². The fourth-order valence-electron chi connectivity index (χ4n) is 2.10. The summed E-state index contributed by atoms with van der Waals surface area (Å²) in [6, 6.07) is 3.55. The third-order valence-electron chi connectivity index (χ3n) is 3.05. The molecular weight excluding hydrogens is 275 g/mol. The first-order valence-corrected chi connectivity index (χ1v) is 6.37. The van der Waals surface area contributed by atoms with Crippen LogP contribution in [-0.4, -0.2) is 34.1 Å². The van der Waals surface area contributed by atoms with Gasteiger partial charge >= 0.3 is 6.03 Å². The molecule has 6 heteroatoms. The second-order valence-corrected chi connectivity index (χ2v) is 5.25. The molecule has 5 nitrogen and oxygen atoms in total. The summed E-state index contributed by atoms with van der Waals surface area (Å²) in [5.74, 6) is 4.14. The quantitative estimate of drug-likeness (QED) is 0.630. The van der Waals surface area contributed by atoms with Gasteiger partial charge in [-0.05, 0) is 37.6 Å². The van der Waals surface area contributed by atoms with Gasteiger partial charge < -0.3 is 10.4 Å². The number of urea groups is 1. The van der Waals surface area contributed by atoms with Crippen LogP contribution in [0.15, 0.2) is 18.2 Å². The molecule has 0 aliphatic carbocycles. The Hall–Kier alpha value is -2.39. The fourth-order valence-corrected chi connectivity index (χ4v) is 2.10. The smallest absolute Gasteiger partial charge is 0.325 e. The minimum atomic E-state index is -0.954. The zero-order chi connectivity index (χ0) is 15.6. The summed E-state index contributed by atoms with van der Waals surface area (Å²) in [4.78, 5) is 24.9. The van der Waals surface area contributed by atoms with Gasteiger partial charge in [0.2, 0.25) is 0 Å². The van der Waals surface area contributed by atoms with Crippen LogP contribution in [-0.2, 0) is 11.3 Å². The molecule has 21 heavy (non-hydrogen) atoms. The molecule has 0 bridgehead atoms. The predicted molar refractivity (Wildman–Crippen MR) is 73.5 cm³/mol. The first-order valence-electron chi connectivity index (χ1n) is 6.37. The first-order chi connectivity index (χ1) is 9.83. The maximum Gasteiger partial charge on any atom is 0.325 e. The lowest BCUT2D eigenvalue weighted by atomic mass is 10.1. The Balaban J connectivity index is 2.26. The fraction of sp³-hybridized carbons (Fsp3) is 0.333. The molecule has 1 aliphatic heterocycles. The van der Waals surface area contributed by atoms with E-state index in [1.54, 1.807) is 19.9 Å². The van der Waals surface area contributed by atoms with Gasteiger partial charge in [0.15, 0.2) is 0 Å². The number of hydrogen-bond donors (Lipinski definition) is 2. The Morgan fingerprint density at radius 1 is 1.33 bits per heavy atom. The predicted octanol–water partition coefficient (Wildman–Crippen LogP) is 1.000. The van der Waals surface area contributed by atoms with E-state index in [9.17, 15) is 14.0 Å². The summed E-state index contributed by atoms with van der Waals surface area (Å²) in [6.45, 7) is 2.86. The number of carbonyl (C=O) groups excluding carboxylic acids is 2. The van der Waals surface area contributed by atoms with E-state index in [4.69, 9.17) is 5.11 Å². The number of nitrogens with zero attached hydrogens (tertiary/aromatic N) is 1. The molecule has 0 spiro atoms. The lowest BCUT2D eigenvalue weighted by Crippen LogP contribution is -2.40. The van der Waals surface area contributed by atoms with E-state index in [2.05, 4.69) is 17.2 Å². The van der Waals surface area contributed by atoms with E-state index in [1.165, 1.54) is 12.1 Å². The third kappa shape index (κ3) is 3.20. The maximum absolute atomic E-state index is 13.5. The molecule has 1 heterocycles. The Morgan fingerprint density at radius 2 is 2.05 bits per heavy atom. The van der Waals surface area contributed by atoms with Crippen molar-refractivity contribution in [3.8, 4) is 11.8 Å². The topological polar surface area (TPSA) is 69.6 Å². The number of hydrogen-bond acceptors (Lipinski definition) is 3. The standard InChI is InChI=1S/C15H15FN2O3/c1-15(2)13(20)18(14(21)17-15)9-11-6-10(4-3-5-19)7-12(16)8-11/h6-8,19H,5,9H2,1-2H3,(H,17,21). The van der Waals surface area contributed by atoms with E-state index < -0.39 is 17.4 Å². The Morgan fingerprint density at radius 3 is 2.62 bits per heavy atom. The molecule has 0 saturated carbocycles. The Kier molecular flexibility index (Phi) is 3.96. The van der Waals surface area contributed by atoms with E-state index in [0.29, 0.717) is 11.1 Å². The van der Waals surface area contributed by atoms with Crippen LogP contribution in [0.5, 0.6) is 0 Å². The van der Waals surface area contributed by atoms with E-state index >= 15 is 0 Å². The monoisotopic (exact) mass is 290 g/mol. The van der Waals surface area contributed by atoms with Crippen molar-refractivity contribution in [1.82, 2.24) is 10.2 Å². The highest BCUT2D eigenvalue weighted by Gasteiger charge is 2.44. The molecule has 0 aromatic heterocycles. The minimum absolute atomic E-state index is 0.0281. The average Bonchev–Trinajstić information content (AvgIpc) is 2.58. The van der Waals surface area contributed by atoms with Crippen molar-refractivity contribution in [2.75, 3.05) is 6.61 Å². The summed E-state index contributed by atoms with van der Waals surface area (Å²) >= 11 is 0. The maximum atomic E-state index is 13.5. The first kappa shape index (κ1) is 15.0. The second kappa shape index (κ2) is 5.54. The van der Waals surface area contributed by atoms with Crippen LogP contribution < -0.4 is 5.32 Å². The molecular formula is C15H15FN2O3. The SMILES string of the molecule is CC1(C)NC(=O)N(Cc2cc(F)cc(C#CCO)c2)C1=O. The molecule has 3 amide bonds. The molecule has 0 radical (unpaired) electrons. The van der Waals surface area contributed by atoms with Gasteiger partial charge in [0.1, 0.15) is 18.0 Å². The third-order valence-corrected chi connectivity index (χ3v) is 3.05. The summed E-state index contributed by atoms with van der Waals surface area (Å²) in [7, 11) is 0. The largest absolute Gasteiger partial charge is 0.384 e. The lowest BCUT2D eigenvalue weighted by Gasteiger charge is -2.16. The molecule has 1 fully saturated rings. The average molecular weight is 290 g/mol. The second-order valence-electron chi connectivity index (χ2n) is 5.25. The molecule has 0 unspecified atom stereocenters. The number of aliphatic hydroxyl groups is 1. The zero-order valence-corrected chi connectivity index (χ0v) is 11.7. The normalized spacial score (nSPS) is 16.5. The molecule has 2 rings (SSSR count). The highest BCUT2D eigenvalue weighted by atomic mass is 19.1. The van der Waals surface area contributed by atoms with Crippen molar-refractivity contribution in [3.05, 3.63) is 35.1 Å². The minimum Gasteiger partial charge on any atom is -0.384 e. The van der Waals surface area contributed by atoms with Gasteiger partial charge in [-0.2, -0.15) is 0 Å². The van der Waals surface area contributed by atoms with Crippen LogP contribution in [0.2, 0.25) is 0 Å². The van der Waals surface area contributed by atoms with E-state index in [-0.39, 0.29) is 19.1 Å². The highest BCUT2D eigenvalue weighted by molar-refractivity contribution is 6.06. The number of halogens is 1. The highest BCUT2D eigenvalue weighted by Crippen LogP contribution is 2.20. The Labute approximate surface area is 121 Å². The van der Waals surface area contributed by atoms with Gasteiger partial charge in [0, 0.05) is 5.56 Å². The van der Waals surface area contributed by atoms with Gasteiger partial charge in [-0.25, -0.2) is 9.18 Å². The molecule has 2 N–H and O–H groups in total. The van der Waals surface area contributed by atoms with Gasteiger partial charge in [0.25, 0.3) is 5.91 Å². The van der Waals surface area contributed by atoms with Crippen LogP contribution >= 0.6 is 0 Å². The lowest BCUT2D eigenvalue weighted by molar-refractivity contribution is -0.130. The molecule has 1 saturated heterocycles. The summed E-state index contributed by atoms with van der Waals surface area (Å²) in [6.07, 6.45) is 0.